The van der Waals surface area contributed by atoms with Gasteiger partial charge in [0, 0.05) is 5.54 Å². The van der Waals surface area contributed by atoms with Crippen LogP contribution in [0.15, 0.2) is 30.3 Å². The van der Waals surface area contributed by atoms with Crippen molar-refractivity contribution in [3.8, 4) is 0 Å². The van der Waals surface area contributed by atoms with Gasteiger partial charge in [-0.2, -0.15) is 0 Å². The van der Waals surface area contributed by atoms with Crippen molar-refractivity contribution in [3.63, 3.8) is 0 Å². The Hall–Kier alpha value is -3.10. The van der Waals surface area contributed by atoms with Crippen molar-refractivity contribution < 1.29 is 28.7 Å². The highest BCUT2D eigenvalue weighted by Crippen LogP contribution is 2.31. The molecule has 1 rings (SSSR count). The summed E-state index contributed by atoms with van der Waals surface area (Å²) >= 11 is 0. The Morgan fingerprint density at radius 1 is 1.00 bits per heavy atom. The van der Waals surface area contributed by atoms with Gasteiger partial charge in [0.2, 0.25) is 11.8 Å². The summed E-state index contributed by atoms with van der Waals surface area (Å²) in [4.78, 5) is 53.2. The van der Waals surface area contributed by atoms with Crippen molar-refractivity contribution in [1.29, 1.82) is 0 Å². The molecule has 0 saturated carbocycles. The average Bonchev–Trinajstić information content (AvgIpc) is 2.76. The van der Waals surface area contributed by atoms with E-state index in [2.05, 4.69) is 15.4 Å². The summed E-state index contributed by atoms with van der Waals surface area (Å²) in [7, 11) is 1.23. The topological polar surface area (TPSA) is 114 Å². The van der Waals surface area contributed by atoms with Crippen LogP contribution in [0, 0.1) is 5.92 Å². The Morgan fingerprint density at radius 2 is 1.57 bits per heavy atom. The van der Waals surface area contributed by atoms with Gasteiger partial charge in [-0.05, 0) is 53.0 Å². The van der Waals surface area contributed by atoms with E-state index in [9.17, 15) is 19.2 Å². The summed E-state index contributed by atoms with van der Waals surface area (Å²) in [5.74, 6) is -1.82. The van der Waals surface area contributed by atoms with Crippen molar-refractivity contribution in [2.45, 2.75) is 85.0 Å². The van der Waals surface area contributed by atoms with Gasteiger partial charge in [-0.1, -0.05) is 50.6 Å². The lowest BCUT2D eigenvalue weighted by Gasteiger charge is -2.43. The SMILES string of the molecule is CCC(C)C(NC(=O)OC(C)(C)C)C(=O)N(C(C(=O)NCC(=O)OC)c1ccccc1)C(C)(C)C. The quantitative estimate of drug-likeness (QED) is 0.511. The van der Waals surface area contributed by atoms with Gasteiger partial charge in [0.1, 0.15) is 24.2 Å². The Balaban J connectivity index is 3.51. The highest BCUT2D eigenvalue weighted by atomic mass is 16.6. The number of rotatable bonds is 9. The van der Waals surface area contributed by atoms with Crippen LogP contribution in [0.3, 0.4) is 0 Å². The van der Waals surface area contributed by atoms with Crippen LogP contribution < -0.4 is 10.6 Å². The molecular formula is C26H41N3O6. The summed E-state index contributed by atoms with van der Waals surface area (Å²) in [6.45, 7) is 14.1. The number of carbonyl (C=O) groups excluding carboxylic acids is 4. The Morgan fingerprint density at radius 3 is 2.03 bits per heavy atom. The van der Waals surface area contributed by atoms with E-state index in [4.69, 9.17) is 4.74 Å². The Labute approximate surface area is 208 Å². The molecule has 0 bridgehead atoms. The maximum atomic E-state index is 14.1. The van der Waals surface area contributed by atoms with Crippen molar-refractivity contribution >= 4 is 23.9 Å². The molecule has 3 unspecified atom stereocenters. The van der Waals surface area contributed by atoms with Crippen LogP contribution >= 0.6 is 0 Å². The molecule has 0 radical (unpaired) electrons. The van der Waals surface area contributed by atoms with Gasteiger partial charge in [0.05, 0.1) is 7.11 Å². The van der Waals surface area contributed by atoms with Crippen LogP contribution in [0.2, 0.25) is 0 Å². The third-order valence-corrected chi connectivity index (χ3v) is 5.37. The number of hydrogen-bond acceptors (Lipinski definition) is 6. The first kappa shape index (κ1) is 29.9. The van der Waals surface area contributed by atoms with E-state index in [0.29, 0.717) is 12.0 Å². The van der Waals surface area contributed by atoms with E-state index in [-0.39, 0.29) is 12.5 Å². The van der Waals surface area contributed by atoms with E-state index in [1.807, 2.05) is 40.7 Å². The Kier molecular flexibility index (Phi) is 10.7. The van der Waals surface area contributed by atoms with Crippen LogP contribution in [-0.2, 0) is 23.9 Å². The van der Waals surface area contributed by atoms with Crippen LogP contribution in [0.4, 0.5) is 4.79 Å². The van der Waals surface area contributed by atoms with Gasteiger partial charge in [0.15, 0.2) is 0 Å². The molecule has 0 fully saturated rings. The van der Waals surface area contributed by atoms with Gasteiger partial charge >= 0.3 is 12.1 Å². The summed E-state index contributed by atoms with van der Waals surface area (Å²) < 4.78 is 10.0. The zero-order valence-electron chi connectivity index (χ0n) is 22.4. The predicted molar refractivity (Wildman–Crippen MR) is 133 cm³/mol. The second kappa shape index (κ2) is 12.6. The molecule has 9 heteroatoms. The van der Waals surface area contributed by atoms with Gasteiger partial charge in [0.25, 0.3) is 0 Å². The molecule has 0 aliphatic heterocycles. The third kappa shape index (κ3) is 9.22. The number of benzene rings is 1. The molecule has 0 aromatic heterocycles. The van der Waals surface area contributed by atoms with Gasteiger partial charge in [-0.3, -0.25) is 14.4 Å². The van der Waals surface area contributed by atoms with Crippen molar-refractivity contribution in [2.75, 3.05) is 13.7 Å². The van der Waals surface area contributed by atoms with E-state index in [1.165, 1.54) is 12.0 Å². The average molecular weight is 492 g/mol. The molecule has 1 aromatic carbocycles. The lowest BCUT2D eigenvalue weighted by molar-refractivity contribution is -0.150. The molecule has 9 nitrogen and oxygen atoms in total. The van der Waals surface area contributed by atoms with Gasteiger partial charge in [-0.25, -0.2) is 4.79 Å². The minimum atomic E-state index is -1.06. The lowest BCUT2D eigenvalue weighted by Crippen LogP contribution is -2.60. The molecule has 0 saturated heterocycles. The molecule has 1 aromatic rings. The minimum Gasteiger partial charge on any atom is -0.468 e. The van der Waals surface area contributed by atoms with Crippen LogP contribution in [-0.4, -0.2) is 59.6 Å². The summed E-state index contributed by atoms with van der Waals surface area (Å²) in [6, 6.07) is 6.84. The second-order valence-corrected chi connectivity index (χ2v) is 10.5. The highest BCUT2D eigenvalue weighted by Gasteiger charge is 2.43. The fraction of sp³-hybridized carbons (Fsp3) is 0.615. The first-order valence-electron chi connectivity index (χ1n) is 11.8. The van der Waals surface area contributed by atoms with Crippen molar-refractivity contribution in [1.82, 2.24) is 15.5 Å². The number of nitrogens with zero attached hydrogens (tertiary/aromatic N) is 1. The molecule has 196 valence electrons. The maximum Gasteiger partial charge on any atom is 0.408 e. The fourth-order valence-electron chi connectivity index (χ4n) is 3.49. The van der Waals surface area contributed by atoms with Crippen molar-refractivity contribution in [3.05, 3.63) is 35.9 Å². The first-order valence-corrected chi connectivity index (χ1v) is 11.8. The highest BCUT2D eigenvalue weighted by molar-refractivity contribution is 5.93. The number of ether oxygens (including phenoxy) is 2. The first-order chi connectivity index (χ1) is 16.1. The molecule has 35 heavy (non-hydrogen) atoms. The zero-order chi connectivity index (χ0) is 27.0. The van der Waals surface area contributed by atoms with E-state index < -0.39 is 47.1 Å². The normalized spacial score (nSPS) is 14.2. The third-order valence-electron chi connectivity index (χ3n) is 5.37. The molecule has 0 heterocycles. The number of nitrogens with one attached hydrogen (secondary N) is 2. The van der Waals surface area contributed by atoms with E-state index >= 15 is 0 Å². The zero-order valence-corrected chi connectivity index (χ0v) is 22.4. The molecule has 0 aliphatic rings. The molecule has 3 atom stereocenters. The van der Waals surface area contributed by atoms with E-state index in [1.54, 1.807) is 45.0 Å². The number of esters is 1. The minimum absolute atomic E-state index is 0.241. The number of methoxy groups -OCH3 is 1. The van der Waals surface area contributed by atoms with Crippen LogP contribution in [0.25, 0.3) is 0 Å². The molecule has 2 N–H and O–H groups in total. The number of amides is 3. The number of carbonyl (C=O) groups is 4. The van der Waals surface area contributed by atoms with Gasteiger partial charge < -0.3 is 25.0 Å². The molecule has 0 spiro atoms. The monoisotopic (exact) mass is 491 g/mol. The number of hydrogen-bond donors (Lipinski definition) is 2. The Bertz CT molecular complexity index is 873. The summed E-state index contributed by atoms with van der Waals surface area (Å²) in [5.41, 5.74) is -0.989. The van der Waals surface area contributed by atoms with Gasteiger partial charge in [-0.15, -0.1) is 0 Å². The molecule has 3 amide bonds. The van der Waals surface area contributed by atoms with Crippen molar-refractivity contribution in [2.24, 2.45) is 5.92 Å². The van der Waals surface area contributed by atoms with Crippen LogP contribution in [0.1, 0.15) is 73.4 Å². The fourth-order valence-corrected chi connectivity index (χ4v) is 3.49. The standard InChI is InChI=1S/C26H41N3O6/c1-10-17(2)20(28-24(33)35-26(6,7)8)23(32)29(25(3,4)5)21(18-14-12-11-13-15-18)22(31)27-16-19(30)34-9/h11-15,17,20-21H,10,16H2,1-9H3,(H,27,31)(H,28,33). The predicted octanol–water partition coefficient (Wildman–Crippen LogP) is 3.58. The lowest BCUT2D eigenvalue weighted by atomic mass is 9.91. The smallest absolute Gasteiger partial charge is 0.408 e. The second-order valence-electron chi connectivity index (χ2n) is 10.5. The molecular weight excluding hydrogens is 450 g/mol. The summed E-state index contributed by atoms with van der Waals surface area (Å²) in [5, 5.41) is 5.30. The van der Waals surface area contributed by atoms with Crippen LogP contribution in [0.5, 0.6) is 0 Å². The summed E-state index contributed by atoms with van der Waals surface area (Å²) in [6.07, 6.45) is -0.106. The largest absolute Gasteiger partial charge is 0.468 e. The number of alkyl carbamates (subject to hydrolysis) is 1. The maximum absolute atomic E-state index is 14.1. The van der Waals surface area contributed by atoms with E-state index in [0.717, 1.165) is 0 Å². The molecule has 0 aliphatic carbocycles.